The lowest BCUT2D eigenvalue weighted by Gasteiger charge is -2.15. The first-order valence-corrected chi connectivity index (χ1v) is 6.21. The molecule has 20 heavy (non-hydrogen) atoms. The van der Waals surface area contributed by atoms with Crippen molar-refractivity contribution < 1.29 is 19.5 Å². The number of phenolic OH excluding ortho intramolecular Hbond substituents is 1. The summed E-state index contributed by atoms with van der Waals surface area (Å²) in [5, 5.41) is 24.8. The van der Waals surface area contributed by atoms with Gasteiger partial charge in [0.2, 0.25) is 0 Å². The molecule has 6 nitrogen and oxygen atoms in total. The molecule has 1 atom stereocenters. The summed E-state index contributed by atoms with van der Waals surface area (Å²) in [7, 11) is 0. The quantitative estimate of drug-likeness (QED) is 0.758. The van der Waals surface area contributed by atoms with Gasteiger partial charge in [-0.1, -0.05) is 17.3 Å². The highest BCUT2D eigenvalue weighted by atomic mass is 16.5. The number of carbonyl (C=O) groups is 1. The number of aryl methyl sites for hydroxylation is 1. The summed E-state index contributed by atoms with van der Waals surface area (Å²) in [6, 6.07) is 7.71. The molecule has 3 N–H and O–H groups in total. The third-order valence-electron chi connectivity index (χ3n) is 2.83. The predicted octanol–water partition coefficient (Wildman–Crippen LogP) is 1.02. The largest absolute Gasteiger partial charge is 0.508 e. The summed E-state index contributed by atoms with van der Waals surface area (Å²) in [5.74, 6) is 0.338. The zero-order chi connectivity index (χ0) is 14.5. The van der Waals surface area contributed by atoms with Crippen molar-refractivity contribution in [3.05, 3.63) is 47.3 Å². The van der Waals surface area contributed by atoms with Gasteiger partial charge in [0.05, 0.1) is 12.6 Å². The van der Waals surface area contributed by atoms with Crippen molar-refractivity contribution >= 4 is 5.91 Å². The number of nitrogens with zero attached hydrogens (tertiary/aromatic N) is 1. The second kappa shape index (κ2) is 6.21. The van der Waals surface area contributed by atoms with Crippen LogP contribution in [0.3, 0.4) is 0 Å². The van der Waals surface area contributed by atoms with Crippen LogP contribution in [0.4, 0.5) is 0 Å². The summed E-state index contributed by atoms with van der Waals surface area (Å²) in [4.78, 5) is 11.9. The Hall–Kier alpha value is -2.34. The molecule has 0 fully saturated rings. The second-order valence-corrected chi connectivity index (χ2v) is 4.55. The summed E-state index contributed by atoms with van der Waals surface area (Å²) in [5.41, 5.74) is 1.09. The van der Waals surface area contributed by atoms with Gasteiger partial charge < -0.3 is 20.1 Å². The zero-order valence-corrected chi connectivity index (χ0v) is 11.0. The highest BCUT2D eigenvalue weighted by Crippen LogP contribution is 2.11. The minimum absolute atomic E-state index is 0.177. The average Bonchev–Trinajstić information content (AvgIpc) is 2.87. The average molecular weight is 276 g/mol. The van der Waals surface area contributed by atoms with E-state index in [1.165, 1.54) is 6.07 Å². The monoisotopic (exact) mass is 276 g/mol. The third-order valence-corrected chi connectivity index (χ3v) is 2.83. The fourth-order valence-corrected chi connectivity index (χ4v) is 1.81. The predicted molar refractivity (Wildman–Crippen MR) is 71.4 cm³/mol. The van der Waals surface area contributed by atoms with Crippen molar-refractivity contribution in [2.45, 2.75) is 19.4 Å². The molecule has 1 amide bonds. The van der Waals surface area contributed by atoms with E-state index in [1.807, 2.05) is 0 Å². The van der Waals surface area contributed by atoms with Gasteiger partial charge in [-0.15, -0.1) is 0 Å². The molecule has 2 rings (SSSR count). The van der Waals surface area contributed by atoms with Crippen LogP contribution < -0.4 is 5.32 Å². The lowest BCUT2D eigenvalue weighted by Crippen LogP contribution is -2.39. The minimum atomic E-state index is -0.427. The molecule has 106 valence electrons. The summed E-state index contributed by atoms with van der Waals surface area (Å²) in [6.45, 7) is 1.51. The Labute approximate surface area is 116 Å². The molecule has 0 bridgehead atoms. The van der Waals surface area contributed by atoms with Gasteiger partial charge in [-0.25, -0.2) is 0 Å². The van der Waals surface area contributed by atoms with Crippen molar-refractivity contribution in [3.8, 4) is 5.75 Å². The Kier molecular flexibility index (Phi) is 4.37. The van der Waals surface area contributed by atoms with E-state index in [0.29, 0.717) is 12.2 Å². The number of aliphatic hydroxyl groups excluding tert-OH is 1. The fraction of sp³-hybridized carbons (Fsp3) is 0.286. The fourth-order valence-electron chi connectivity index (χ4n) is 1.81. The smallest absolute Gasteiger partial charge is 0.273 e. The van der Waals surface area contributed by atoms with Gasteiger partial charge in [0.25, 0.3) is 5.91 Å². The Morgan fingerprint density at radius 2 is 2.10 bits per heavy atom. The van der Waals surface area contributed by atoms with Gasteiger partial charge in [-0.3, -0.25) is 4.79 Å². The number of benzene rings is 1. The number of nitrogens with one attached hydrogen (secondary N) is 1. The van der Waals surface area contributed by atoms with Crippen LogP contribution in [0, 0.1) is 6.92 Å². The maximum Gasteiger partial charge on any atom is 0.273 e. The van der Waals surface area contributed by atoms with E-state index in [0.717, 1.165) is 5.56 Å². The topological polar surface area (TPSA) is 95.6 Å². The van der Waals surface area contributed by atoms with Crippen LogP contribution in [0.2, 0.25) is 0 Å². The highest BCUT2D eigenvalue weighted by Gasteiger charge is 2.16. The Morgan fingerprint density at radius 1 is 1.40 bits per heavy atom. The van der Waals surface area contributed by atoms with E-state index in [4.69, 9.17) is 4.52 Å². The molecule has 2 aromatic rings. The molecule has 1 aromatic heterocycles. The van der Waals surface area contributed by atoms with Crippen LogP contribution in [0.5, 0.6) is 5.75 Å². The molecule has 0 aliphatic heterocycles. The Balaban J connectivity index is 1.98. The van der Waals surface area contributed by atoms with E-state index < -0.39 is 6.04 Å². The molecule has 1 heterocycles. The molecule has 0 unspecified atom stereocenters. The highest BCUT2D eigenvalue weighted by molar-refractivity contribution is 5.92. The molecule has 6 heteroatoms. The van der Waals surface area contributed by atoms with Crippen LogP contribution in [0.1, 0.15) is 21.8 Å². The van der Waals surface area contributed by atoms with Gasteiger partial charge in [-0.2, -0.15) is 0 Å². The molecular formula is C14H16N2O4. The molecule has 0 aliphatic carbocycles. The van der Waals surface area contributed by atoms with E-state index in [1.54, 1.807) is 31.2 Å². The normalized spacial score (nSPS) is 12.1. The van der Waals surface area contributed by atoms with Crippen molar-refractivity contribution in [3.63, 3.8) is 0 Å². The molecule has 0 saturated heterocycles. The summed E-state index contributed by atoms with van der Waals surface area (Å²) in [6.07, 6.45) is 0.458. The van der Waals surface area contributed by atoms with E-state index in [2.05, 4.69) is 10.5 Å². The molecule has 0 aliphatic rings. The maximum absolute atomic E-state index is 11.9. The molecular weight excluding hydrogens is 260 g/mol. The van der Waals surface area contributed by atoms with Crippen LogP contribution in [-0.2, 0) is 6.42 Å². The molecule has 0 radical (unpaired) electrons. The lowest BCUT2D eigenvalue weighted by atomic mass is 10.1. The molecule has 1 aromatic carbocycles. The first-order chi connectivity index (χ1) is 9.58. The SMILES string of the molecule is Cc1cc(C(=O)N[C@H](CO)Cc2ccc(O)cc2)no1. The zero-order valence-electron chi connectivity index (χ0n) is 11.0. The van der Waals surface area contributed by atoms with E-state index in [-0.39, 0.29) is 24.0 Å². The van der Waals surface area contributed by atoms with E-state index in [9.17, 15) is 15.0 Å². The van der Waals surface area contributed by atoms with Crippen LogP contribution in [-0.4, -0.2) is 33.9 Å². The minimum Gasteiger partial charge on any atom is -0.508 e. The van der Waals surface area contributed by atoms with Crippen molar-refractivity contribution in [1.29, 1.82) is 0 Å². The van der Waals surface area contributed by atoms with Crippen LogP contribution in [0.15, 0.2) is 34.9 Å². The second-order valence-electron chi connectivity index (χ2n) is 4.55. The number of hydrogen-bond donors (Lipinski definition) is 3. The summed E-state index contributed by atoms with van der Waals surface area (Å²) >= 11 is 0. The lowest BCUT2D eigenvalue weighted by molar-refractivity contribution is 0.0907. The van der Waals surface area contributed by atoms with Crippen molar-refractivity contribution in [2.75, 3.05) is 6.61 Å². The third kappa shape index (κ3) is 3.58. The van der Waals surface area contributed by atoms with Crippen LogP contribution in [0.25, 0.3) is 0 Å². The number of aromatic hydroxyl groups is 1. The van der Waals surface area contributed by atoms with Gasteiger partial charge in [-0.05, 0) is 31.0 Å². The summed E-state index contributed by atoms with van der Waals surface area (Å²) < 4.78 is 4.83. The Bertz CT molecular complexity index is 577. The standard InChI is InChI=1S/C14H16N2O4/c1-9-6-13(16-20-9)14(19)15-11(8-17)7-10-2-4-12(18)5-3-10/h2-6,11,17-18H,7-8H2,1H3,(H,15,19)/t11-/m0/s1. The molecule has 0 spiro atoms. The number of hydrogen-bond acceptors (Lipinski definition) is 5. The van der Waals surface area contributed by atoms with E-state index >= 15 is 0 Å². The number of rotatable bonds is 5. The first kappa shape index (κ1) is 14.1. The van der Waals surface area contributed by atoms with Gasteiger partial charge >= 0.3 is 0 Å². The molecule has 0 saturated carbocycles. The number of aromatic nitrogens is 1. The van der Waals surface area contributed by atoms with Crippen molar-refractivity contribution in [1.82, 2.24) is 10.5 Å². The number of carbonyl (C=O) groups excluding carboxylic acids is 1. The Morgan fingerprint density at radius 3 is 2.65 bits per heavy atom. The van der Waals surface area contributed by atoms with Crippen molar-refractivity contribution in [2.24, 2.45) is 0 Å². The van der Waals surface area contributed by atoms with Gasteiger partial charge in [0.1, 0.15) is 11.5 Å². The maximum atomic E-state index is 11.9. The number of aliphatic hydroxyl groups is 1. The van der Waals surface area contributed by atoms with Gasteiger partial charge in [0.15, 0.2) is 5.69 Å². The number of phenols is 1. The number of amides is 1. The van der Waals surface area contributed by atoms with Crippen LogP contribution >= 0.6 is 0 Å². The first-order valence-electron chi connectivity index (χ1n) is 6.21. The van der Waals surface area contributed by atoms with Gasteiger partial charge in [0, 0.05) is 6.07 Å².